The molecule has 0 aliphatic rings. The van der Waals surface area contributed by atoms with E-state index in [-0.39, 0.29) is 17.2 Å². The Kier molecular flexibility index (Phi) is 6.80. The number of nitrogens with one attached hydrogen (secondary N) is 1. The standard InChI is InChI=1S/C23H24N2O3S/c1-25(18-20-13-7-3-8-14-20)23(26)22(17-19-11-5-2-6-12-19)24-29(27,28)21-15-9-4-10-16-21/h2-16,22,24H,17-18H2,1H3/t22-/m0/s1. The molecule has 6 heteroatoms. The van der Waals surface area contributed by atoms with Crippen molar-refractivity contribution in [3.63, 3.8) is 0 Å². The van der Waals surface area contributed by atoms with Gasteiger partial charge < -0.3 is 4.90 Å². The number of rotatable bonds is 8. The molecule has 0 unspecified atom stereocenters. The fourth-order valence-corrected chi connectivity index (χ4v) is 4.30. The number of hydrogen-bond acceptors (Lipinski definition) is 3. The summed E-state index contributed by atoms with van der Waals surface area (Å²) in [5.74, 6) is -0.280. The van der Waals surface area contributed by atoms with Gasteiger partial charge in [-0.15, -0.1) is 0 Å². The Hall–Kier alpha value is -2.96. The Balaban J connectivity index is 1.83. The fourth-order valence-electron chi connectivity index (χ4n) is 3.09. The molecule has 0 heterocycles. The van der Waals surface area contributed by atoms with Crippen LogP contribution in [0.3, 0.4) is 0 Å². The number of hydrogen-bond donors (Lipinski definition) is 1. The number of nitrogens with zero attached hydrogens (tertiary/aromatic N) is 1. The molecule has 29 heavy (non-hydrogen) atoms. The van der Waals surface area contributed by atoms with Gasteiger partial charge in [-0.25, -0.2) is 8.42 Å². The zero-order chi connectivity index (χ0) is 20.7. The zero-order valence-electron chi connectivity index (χ0n) is 16.2. The molecule has 0 aliphatic heterocycles. The van der Waals surface area contributed by atoms with Crippen LogP contribution in [0.4, 0.5) is 0 Å². The smallest absolute Gasteiger partial charge is 0.241 e. The molecule has 0 radical (unpaired) electrons. The van der Waals surface area contributed by atoms with Gasteiger partial charge >= 0.3 is 0 Å². The van der Waals surface area contributed by atoms with E-state index in [0.717, 1.165) is 11.1 Å². The molecular weight excluding hydrogens is 384 g/mol. The highest BCUT2D eigenvalue weighted by Gasteiger charge is 2.28. The van der Waals surface area contributed by atoms with Gasteiger partial charge in [0.2, 0.25) is 15.9 Å². The highest BCUT2D eigenvalue weighted by atomic mass is 32.2. The summed E-state index contributed by atoms with van der Waals surface area (Å²) in [6.45, 7) is 0.401. The molecule has 0 saturated carbocycles. The summed E-state index contributed by atoms with van der Waals surface area (Å²) < 4.78 is 28.3. The average molecular weight is 409 g/mol. The maximum Gasteiger partial charge on any atom is 0.241 e. The summed E-state index contributed by atoms with van der Waals surface area (Å²) >= 11 is 0. The molecule has 1 atom stereocenters. The summed E-state index contributed by atoms with van der Waals surface area (Å²) in [5.41, 5.74) is 1.86. The molecule has 0 aromatic heterocycles. The van der Waals surface area contributed by atoms with Gasteiger partial charge in [-0.1, -0.05) is 78.9 Å². The third-order valence-electron chi connectivity index (χ3n) is 4.57. The molecule has 0 bridgehead atoms. The van der Waals surface area contributed by atoms with Crippen molar-refractivity contribution in [2.45, 2.75) is 23.9 Å². The van der Waals surface area contributed by atoms with Crippen molar-refractivity contribution < 1.29 is 13.2 Å². The third kappa shape index (κ3) is 5.76. The van der Waals surface area contributed by atoms with Crippen molar-refractivity contribution in [3.8, 4) is 0 Å². The molecule has 0 aliphatic carbocycles. The second-order valence-corrected chi connectivity index (χ2v) is 8.57. The van der Waals surface area contributed by atoms with Gasteiger partial charge in [-0.05, 0) is 29.7 Å². The Morgan fingerprint density at radius 1 is 0.828 bits per heavy atom. The number of benzene rings is 3. The largest absolute Gasteiger partial charge is 0.340 e. The van der Waals surface area contributed by atoms with Crippen LogP contribution in [-0.2, 0) is 27.8 Å². The van der Waals surface area contributed by atoms with Gasteiger partial charge in [0.15, 0.2) is 0 Å². The second-order valence-electron chi connectivity index (χ2n) is 6.86. The molecule has 0 fully saturated rings. The van der Waals surface area contributed by atoms with Gasteiger partial charge in [0.1, 0.15) is 6.04 Å². The third-order valence-corrected chi connectivity index (χ3v) is 6.06. The topological polar surface area (TPSA) is 66.5 Å². The summed E-state index contributed by atoms with van der Waals surface area (Å²) in [7, 11) is -2.14. The first kappa shape index (κ1) is 20.8. The van der Waals surface area contributed by atoms with Crippen molar-refractivity contribution in [1.82, 2.24) is 9.62 Å². The van der Waals surface area contributed by atoms with Crippen LogP contribution >= 0.6 is 0 Å². The summed E-state index contributed by atoms with van der Waals surface area (Å²) in [4.78, 5) is 14.8. The maximum absolute atomic E-state index is 13.2. The average Bonchev–Trinajstić information content (AvgIpc) is 2.74. The number of carbonyl (C=O) groups excluding carboxylic acids is 1. The van der Waals surface area contributed by atoms with Gasteiger partial charge in [-0.2, -0.15) is 4.72 Å². The van der Waals surface area contributed by atoms with Crippen molar-refractivity contribution >= 4 is 15.9 Å². The zero-order valence-corrected chi connectivity index (χ0v) is 17.0. The molecule has 150 valence electrons. The van der Waals surface area contributed by atoms with E-state index in [1.165, 1.54) is 12.1 Å². The Bertz CT molecular complexity index is 1020. The fraction of sp³-hybridized carbons (Fsp3) is 0.174. The molecule has 5 nitrogen and oxygen atoms in total. The van der Waals surface area contributed by atoms with Crippen molar-refractivity contribution in [2.24, 2.45) is 0 Å². The predicted molar refractivity (Wildman–Crippen MR) is 114 cm³/mol. The minimum absolute atomic E-state index is 0.136. The lowest BCUT2D eigenvalue weighted by atomic mass is 10.1. The van der Waals surface area contributed by atoms with E-state index in [2.05, 4.69) is 4.72 Å². The highest BCUT2D eigenvalue weighted by molar-refractivity contribution is 7.89. The van der Waals surface area contributed by atoms with E-state index in [1.54, 1.807) is 30.1 Å². The Labute approximate surface area is 172 Å². The van der Waals surface area contributed by atoms with E-state index in [1.807, 2.05) is 60.7 Å². The predicted octanol–water partition coefficient (Wildman–Crippen LogP) is 3.23. The van der Waals surface area contributed by atoms with Gasteiger partial charge in [-0.3, -0.25) is 4.79 Å². The SMILES string of the molecule is CN(Cc1ccccc1)C(=O)[C@H](Cc1ccccc1)NS(=O)(=O)c1ccccc1. The van der Waals surface area contributed by atoms with E-state index >= 15 is 0 Å². The molecule has 0 saturated heterocycles. The van der Waals surface area contributed by atoms with E-state index in [0.29, 0.717) is 6.54 Å². The lowest BCUT2D eigenvalue weighted by Gasteiger charge is -2.25. The first-order valence-corrected chi connectivity index (χ1v) is 10.8. The first-order valence-electron chi connectivity index (χ1n) is 9.36. The molecule has 1 N–H and O–H groups in total. The highest BCUT2D eigenvalue weighted by Crippen LogP contribution is 2.13. The van der Waals surface area contributed by atoms with Crippen LogP contribution in [0.1, 0.15) is 11.1 Å². The Morgan fingerprint density at radius 3 is 1.86 bits per heavy atom. The van der Waals surface area contributed by atoms with Crippen LogP contribution in [0, 0.1) is 0 Å². The molecule has 0 spiro atoms. The van der Waals surface area contributed by atoms with Crippen LogP contribution in [0.2, 0.25) is 0 Å². The minimum atomic E-state index is -3.83. The first-order chi connectivity index (χ1) is 14.0. The lowest BCUT2D eigenvalue weighted by molar-refractivity contribution is -0.132. The van der Waals surface area contributed by atoms with Crippen molar-refractivity contribution in [1.29, 1.82) is 0 Å². The second kappa shape index (κ2) is 9.49. The van der Waals surface area contributed by atoms with Gasteiger partial charge in [0.25, 0.3) is 0 Å². The molecule has 3 rings (SSSR count). The van der Waals surface area contributed by atoms with Crippen LogP contribution in [0.25, 0.3) is 0 Å². The van der Waals surface area contributed by atoms with E-state index in [4.69, 9.17) is 0 Å². The van der Waals surface area contributed by atoms with Crippen molar-refractivity contribution in [2.75, 3.05) is 7.05 Å². The summed E-state index contributed by atoms with van der Waals surface area (Å²) in [6.07, 6.45) is 0.269. The number of sulfonamides is 1. The van der Waals surface area contributed by atoms with Gasteiger partial charge in [0.05, 0.1) is 4.90 Å². The van der Waals surface area contributed by atoms with E-state index in [9.17, 15) is 13.2 Å². The van der Waals surface area contributed by atoms with Crippen LogP contribution in [0.5, 0.6) is 0 Å². The number of amides is 1. The quantitative estimate of drug-likeness (QED) is 0.622. The molecule has 1 amide bonds. The van der Waals surface area contributed by atoms with Crippen LogP contribution in [-0.4, -0.2) is 32.3 Å². The van der Waals surface area contributed by atoms with Crippen LogP contribution in [0.15, 0.2) is 95.9 Å². The summed E-state index contributed by atoms with van der Waals surface area (Å²) in [6, 6.07) is 26.2. The normalized spacial score (nSPS) is 12.3. The number of carbonyl (C=O) groups is 1. The minimum Gasteiger partial charge on any atom is -0.340 e. The van der Waals surface area contributed by atoms with Crippen LogP contribution < -0.4 is 4.72 Å². The number of likely N-dealkylation sites (N-methyl/N-ethyl adjacent to an activating group) is 1. The van der Waals surface area contributed by atoms with Gasteiger partial charge in [0, 0.05) is 13.6 Å². The lowest BCUT2D eigenvalue weighted by Crippen LogP contribution is -2.48. The monoisotopic (exact) mass is 408 g/mol. The van der Waals surface area contributed by atoms with Crippen molar-refractivity contribution in [3.05, 3.63) is 102 Å². The van der Waals surface area contributed by atoms with E-state index < -0.39 is 16.1 Å². The maximum atomic E-state index is 13.2. The molecule has 3 aromatic rings. The molecular formula is C23H24N2O3S. The summed E-state index contributed by atoms with van der Waals surface area (Å²) in [5, 5.41) is 0. The molecule has 3 aromatic carbocycles. The Morgan fingerprint density at radius 2 is 1.31 bits per heavy atom.